The molecule has 0 aliphatic rings. The Bertz CT molecular complexity index is 1440. The number of pyridine rings is 2. The minimum atomic E-state index is -0.606. The molecular weight excluding hydrogens is 440 g/mol. The average Bonchev–Trinajstić information content (AvgIpc) is 3.16. The molecule has 4 rings (SSSR count). The van der Waals surface area contributed by atoms with E-state index in [9.17, 15) is 14.4 Å². The Labute approximate surface area is 194 Å². The number of ether oxygens (including phenoxy) is 2. The number of hydrogen-bond acceptors (Lipinski definition) is 7. The van der Waals surface area contributed by atoms with Crippen LogP contribution in [0.3, 0.4) is 0 Å². The number of benzene rings is 1. The van der Waals surface area contributed by atoms with Crippen LogP contribution in [0.15, 0.2) is 35.1 Å². The topological polar surface area (TPSA) is 87.5 Å². The number of carbonyl (C=O) groups excluding carboxylic acids is 2. The van der Waals surface area contributed by atoms with Gasteiger partial charge < -0.3 is 14.0 Å². The summed E-state index contributed by atoms with van der Waals surface area (Å²) in [5, 5.41) is 0.928. The second-order valence-electron chi connectivity index (χ2n) is 7.58. The van der Waals surface area contributed by atoms with Crippen molar-refractivity contribution in [1.82, 2.24) is 9.55 Å². The maximum atomic E-state index is 13.2. The van der Waals surface area contributed by atoms with Crippen LogP contribution < -0.4 is 5.43 Å². The van der Waals surface area contributed by atoms with Crippen LogP contribution in [0.25, 0.3) is 31.6 Å². The average molecular weight is 465 g/mol. The van der Waals surface area contributed by atoms with Crippen LogP contribution in [0.4, 0.5) is 0 Å². The number of nitrogens with zero attached hydrogens (tertiary/aromatic N) is 2. The van der Waals surface area contributed by atoms with E-state index in [-0.39, 0.29) is 29.8 Å². The van der Waals surface area contributed by atoms with Crippen molar-refractivity contribution in [3.8, 4) is 11.3 Å². The first-order valence-electron chi connectivity index (χ1n) is 10.7. The molecule has 0 unspecified atom stereocenters. The van der Waals surface area contributed by atoms with Gasteiger partial charge in [-0.25, -0.2) is 9.59 Å². The molecule has 3 aromatic heterocycles. The van der Waals surface area contributed by atoms with Crippen molar-refractivity contribution >= 4 is 43.6 Å². The molecule has 0 N–H and O–H groups in total. The summed E-state index contributed by atoms with van der Waals surface area (Å²) in [4.78, 5) is 43.7. The zero-order valence-electron chi connectivity index (χ0n) is 19.1. The van der Waals surface area contributed by atoms with Crippen molar-refractivity contribution in [2.45, 2.75) is 27.7 Å². The molecule has 170 valence electrons. The van der Waals surface area contributed by atoms with Gasteiger partial charge in [-0.2, -0.15) is 0 Å². The first-order chi connectivity index (χ1) is 15.8. The summed E-state index contributed by atoms with van der Waals surface area (Å²) < 4.78 is 14.1. The molecule has 0 saturated carbocycles. The maximum absolute atomic E-state index is 13.2. The van der Waals surface area contributed by atoms with E-state index in [0.29, 0.717) is 27.3 Å². The molecule has 0 bridgehead atoms. The highest BCUT2D eigenvalue weighted by Gasteiger charge is 2.30. The van der Waals surface area contributed by atoms with E-state index < -0.39 is 11.9 Å². The second kappa shape index (κ2) is 8.78. The van der Waals surface area contributed by atoms with Crippen LogP contribution >= 0.6 is 11.3 Å². The molecule has 0 spiro atoms. The molecule has 1 aromatic carbocycles. The quantitative estimate of drug-likeness (QED) is 0.395. The van der Waals surface area contributed by atoms with Crippen molar-refractivity contribution in [1.29, 1.82) is 0 Å². The van der Waals surface area contributed by atoms with Crippen LogP contribution in [0.5, 0.6) is 0 Å². The number of hydrogen-bond donors (Lipinski definition) is 0. The fourth-order valence-electron chi connectivity index (χ4n) is 4.19. The van der Waals surface area contributed by atoms with Gasteiger partial charge in [0.2, 0.25) is 0 Å². The van der Waals surface area contributed by atoms with Crippen molar-refractivity contribution < 1.29 is 19.1 Å². The maximum Gasteiger partial charge on any atom is 0.340 e. The van der Waals surface area contributed by atoms with Crippen molar-refractivity contribution in [2.24, 2.45) is 7.05 Å². The normalized spacial score (nSPS) is 11.2. The van der Waals surface area contributed by atoms with Crippen LogP contribution in [0, 0.1) is 13.8 Å². The van der Waals surface area contributed by atoms with Crippen LogP contribution in [-0.2, 0) is 16.5 Å². The Morgan fingerprint density at radius 2 is 1.58 bits per heavy atom. The van der Waals surface area contributed by atoms with Crippen molar-refractivity contribution in [3.05, 3.63) is 63.1 Å². The molecule has 0 radical (unpaired) electrons. The largest absolute Gasteiger partial charge is 0.462 e. The Balaban J connectivity index is 2.19. The number of aromatic nitrogens is 2. The van der Waals surface area contributed by atoms with Crippen LogP contribution in [-0.4, -0.2) is 34.7 Å². The van der Waals surface area contributed by atoms with Gasteiger partial charge >= 0.3 is 11.9 Å². The number of carbonyl (C=O) groups is 2. The lowest BCUT2D eigenvalue weighted by molar-refractivity contribution is 0.0525. The lowest BCUT2D eigenvalue weighted by atomic mass is 9.94. The summed E-state index contributed by atoms with van der Waals surface area (Å²) in [6, 6.07) is 9.24. The first-order valence-corrected chi connectivity index (χ1v) is 11.5. The van der Waals surface area contributed by atoms with E-state index in [4.69, 9.17) is 9.47 Å². The van der Waals surface area contributed by atoms with E-state index in [2.05, 4.69) is 4.98 Å². The highest BCUT2D eigenvalue weighted by Crippen LogP contribution is 2.37. The third kappa shape index (κ3) is 3.70. The third-order valence-electron chi connectivity index (χ3n) is 5.53. The van der Waals surface area contributed by atoms with Gasteiger partial charge in [0, 0.05) is 28.8 Å². The minimum absolute atomic E-state index is 0.152. The summed E-state index contributed by atoms with van der Waals surface area (Å²) in [5.74, 6) is -1.21. The highest BCUT2D eigenvalue weighted by atomic mass is 32.1. The summed E-state index contributed by atoms with van der Waals surface area (Å²) in [7, 11) is 1.82. The predicted octanol–water partition coefficient (Wildman–Crippen LogP) is 4.79. The number of esters is 2. The van der Waals surface area contributed by atoms with Gasteiger partial charge in [-0.1, -0.05) is 18.2 Å². The summed E-state index contributed by atoms with van der Waals surface area (Å²) in [6.07, 6.45) is 0. The second-order valence-corrected chi connectivity index (χ2v) is 8.63. The van der Waals surface area contributed by atoms with Gasteiger partial charge in [0.25, 0.3) is 0 Å². The molecule has 0 aliphatic carbocycles. The fourth-order valence-corrected chi connectivity index (χ4v) is 5.34. The Morgan fingerprint density at radius 1 is 1.00 bits per heavy atom. The number of thiophene rings is 1. The Kier molecular flexibility index (Phi) is 6.03. The molecular formula is C25H24N2O5S. The SMILES string of the molecule is CCOC(=O)c1c(C)nc(C)c(C(=O)OCC)c1-c1cc(=O)c2sc3ccccc3c2n1C. The molecule has 8 heteroatoms. The number of rotatable bonds is 5. The van der Waals surface area contributed by atoms with Crippen molar-refractivity contribution in [3.63, 3.8) is 0 Å². The van der Waals surface area contributed by atoms with Crippen LogP contribution in [0.1, 0.15) is 46.0 Å². The molecule has 4 aromatic rings. The molecule has 0 saturated heterocycles. The van der Waals surface area contributed by atoms with Gasteiger partial charge in [-0.05, 0) is 33.8 Å². The first kappa shape index (κ1) is 22.7. The predicted molar refractivity (Wildman–Crippen MR) is 129 cm³/mol. The minimum Gasteiger partial charge on any atom is -0.462 e. The zero-order valence-corrected chi connectivity index (χ0v) is 20.0. The Morgan fingerprint density at radius 3 is 2.15 bits per heavy atom. The lowest BCUT2D eigenvalue weighted by Gasteiger charge is -2.20. The monoisotopic (exact) mass is 464 g/mol. The molecule has 0 amide bonds. The third-order valence-corrected chi connectivity index (χ3v) is 6.71. The van der Waals surface area contributed by atoms with Crippen molar-refractivity contribution in [2.75, 3.05) is 13.2 Å². The van der Waals surface area contributed by atoms with Crippen LogP contribution in [0.2, 0.25) is 0 Å². The molecule has 7 nitrogen and oxygen atoms in total. The summed E-state index contributed by atoms with van der Waals surface area (Å²) in [6.45, 7) is 7.11. The molecule has 33 heavy (non-hydrogen) atoms. The van der Waals surface area contributed by atoms with E-state index in [1.54, 1.807) is 27.7 Å². The van der Waals surface area contributed by atoms with E-state index in [0.717, 1.165) is 15.6 Å². The van der Waals surface area contributed by atoms with Gasteiger partial charge in [-0.15, -0.1) is 11.3 Å². The molecule has 0 fully saturated rings. The van der Waals surface area contributed by atoms with Gasteiger partial charge in [0.1, 0.15) is 0 Å². The number of fused-ring (bicyclic) bond motifs is 3. The Hall–Kier alpha value is -3.52. The van der Waals surface area contributed by atoms with Gasteiger partial charge in [0.05, 0.1) is 51.6 Å². The summed E-state index contributed by atoms with van der Waals surface area (Å²) in [5.41, 5.74) is 2.42. The van der Waals surface area contributed by atoms with E-state index in [1.807, 2.05) is 35.9 Å². The van der Waals surface area contributed by atoms with E-state index in [1.165, 1.54) is 17.4 Å². The molecule has 0 atom stereocenters. The molecule has 0 aliphatic heterocycles. The number of aryl methyl sites for hydroxylation is 3. The smallest absolute Gasteiger partial charge is 0.340 e. The van der Waals surface area contributed by atoms with Gasteiger partial charge in [0.15, 0.2) is 5.43 Å². The van der Waals surface area contributed by atoms with E-state index >= 15 is 0 Å². The highest BCUT2D eigenvalue weighted by molar-refractivity contribution is 7.25. The van der Waals surface area contributed by atoms with Gasteiger partial charge in [-0.3, -0.25) is 9.78 Å². The standard InChI is InChI=1S/C25H24N2O5S/c1-6-31-24(29)19-13(3)26-14(4)20(25(30)32-7-2)21(19)16-12-17(28)23-22(27(16)5)15-10-8-9-11-18(15)33-23/h8-12H,6-7H2,1-5H3. The summed E-state index contributed by atoms with van der Waals surface area (Å²) >= 11 is 1.42. The fraction of sp³-hybridized carbons (Fsp3) is 0.280. The molecule has 3 heterocycles. The zero-order chi connectivity index (χ0) is 23.9. The lowest BCUT2D eigenvalue weighted by Crippen LogP contribution is -2.19.